The third-order valence-corrected chi connectivity index (χ3v) is 5.01. The van der Waals surface area contributed by atoms with Crippen LogP contribution < -0.4 is 5.73 Å². The Hall–Kier alpha value is -0.350. The zero-order valence-corrected chi connectivity index (χ0v) is 11.9. The molecular weight excluding hydrogens is 306 g/mol. The fourth-order valence-corrected chi connectivity index (χ4v) is 3.21. The highest BCUT2D eigenvalue weighted by atomic mass is 79.9. The maximum absolute atomic E-state index is 6.07. The van der Waals surface area contributed by atoms with Crippen LogP contribution in [-0.4, -0.2) is 0 Å². The standard InChI is InChI=1S/C12H11BrClNS/c1-7(15)10-5-6-11(16-10)8-3-2-4-9(14)12(8)13/h2-7H,15H2,1H3. The van der Waals surface area contributed by atoms with Crippen molar-refractivity contribution in [3.05, 3.63) is 44.7 Å². The number of nitrogens with two attached hydrogens (primary N) is 1. The van der Waals surface area contributed by atoms with Gasteiger partial charge in [-0.3, -0.25) is 0 Å². The molecule has 0 spiro atoms. The fourth-order valence-electron chi connectivity index (χ4n) is 1.44. The first-order chi connectivity index (χ1) is 7.59. The molecule has 0 fully saturated rings. The average Bonchev–Trinajstić information content (AvgIpc) is 2.71. The van der Waals surface area contributed by atoms with Gasteiger partial charge in [0.2, 0.25) is 0 Å². The Bertz CT molecular complexity index is 507. The number of halogens is 2. The molecular formula is C12H11BrClNS. The van der Waals surface area contributed by atoms with E-state index in [1.54, 1.807) is 11.3 Å². The van der Waals surface area contributed by atoms with Gasteiger partial charge in [0, 0.05) is 25.8 Å². The van der Waals surface area contributed by atoms with Gasteiger partial charge in [0.25, 0.3) is 0 Å². The van der Waals surface area contributed by atoms with Crippen molar-refractivity contribution in [1.29, 1.82) is 0 Å². The molecule has 1 heterocycles. The molecule has 1 unspecified atom stereocenters. The molecule has 2 N–H and O–H groups in total. The lowest BCUT2D eigenvalue weighted by Crippen LogP contribution is -2.01. The topological polar surface area (TPSA) is 26.0 Å². The minimum atomic E-state index is 0.0803. The Balaban J connectivity index is 2.47. The molecule has 4 heteroatoms. The number of rotatable bonds is 2. The second kappa shape index (κ2) is 4.88. The fraction of sp³-hybridized carbons (Fsp3) is 0.167. The molecule has 0 saturated heterocycles. The molecule has 16 heavy (non-hydrogen) atoms. The molecule has 2 aromatic rings. The summed E-state index contributed by atoms with van der Waals surface area (Å²) in [6.07, 6.45) is 0. The molecule has 0 amide bonds. The molecule has 1 atom stereocenters. The Morgan fingerprint density at radius 1 is 1.31 bits per heavy atom. The van der Waals surface area contributed by atoms with Gasteiger partial charge in [-0.1, -0.05) is 23.7 Å². The predicted octanol–water partition coefficient (Wildman–Crippen LogP) is 4.85. The van der Waals surface area contributed by atoms with E-state index in [1.165, 1.54) is 9.75 Å². The van der Waals surface area contributed by atoms with Crippen LogP contribution in [0.5, 0.6) is 0 Å². The molecule has 0 saturated carbocycles. The second-order valence-corrected chi connectivity index (χ2v) is 5.91. The van der Waals surface area contributed by atoms with Crippen LogP contribution in [0, 0.1) is 0 Å². The van der Waals surface area contributed by atoms with Gasteiger partial charge in [-0.25, -0.2) is 0 Å². The third-order valence-electron chi connectivity index (χ3n) is 2.29. The predicted molar refractivity (Wildman–Crippen MR) is 75.1 cm³/mol. The molecule has 1 aromatic carbocycles. The van der Waals surface area contributed by atoms with Crippen molar-refractivity contribution in [2.45, 2.75) is 13.0 Å². The highest BCUT2D eigenvalue weighted by Crippen LogP contribution is 2.38. The van der Waals surface area contributed by atoms with Crippen molar-refractivity contribution in [1.82, 2.24) is 0 Å². The smallest absolute Gasteiger partial charge is 0.0554 e. The molecule has 0 aliphatic rings. The molecule has 0 aliphatic carbocycles. The van der Waals surface area contributed by atoms with Gasteiger partial charge in [-0.2, -0.15) is 0 Å². The summed E-state index contributed by atoms with van der Waals surface area (Å²) in [5.41, 5.74) is 6.96. The van der Waals surface area contributed by atoms with Crippen molar-refractivity contribution in [3.8, 4) is 10.4 Å². The van der Waals surface area contributed by atoms with Crippen LogP contribution >= 0.6 is 38.9 Å². The summed E-state index contributed by atoms with van der Waals surface area (Å²) in [6.45, 7) is 1.99. The summed E-state index contributed by atoms with van der Waals surface area (Å²) >= 11 is 11.3. The van der Waals surface area contributed by atoms with E-state index in [9.17, 15) is 0 Å². The molecule has 1 nitrogen and oxygen atoms in total. The highest BCUT2D eigenvalue weighted by Gasteiger charge is 2.10. The Morgan fingerprint density at radius 3 is 2.69 bits per heavy atom. The number of hydrogen-bond donors (Lipinski definition) is 1. The maximum atomic E-state index is 6.07. The van der Waals surface area contributed by atoms with E-state index in [1.807, 2.05) is 25.1 Å². The van der Waals surface area contributed by atoms with Crippen LogP contribution in [0.2, 0.25) is 5.02 Å². The number of hydrogen-bond acceptors (Lipinski definition) is 2. The SMILES string of the molecule is CC(N)c1ccc(-c2cccc(Cl)c2Br)s1. The van der Waals surface area contributed by atoms with Gasteiger partial charge in [-0.15, -0.1) is 11.3 Å². The molecule has 2 rings (SSSR count). The van der Waals surface area contributed by atoms with Crippen molar-refractivity contribution in [2.24, 2.45) is 5.73 Å². The molecule has 1 aromatic heterocycles. The summed E-state index contributed by atoms with van der Waals surface area (Å²) in [4.78, 5) is 2.36. The van der Waals surface area contributed by atoms with Gasteiger partial charge in [-0.05, 0) is 41.1 Å². The van der Waals surface area contributed by atoms with Gasteiger partial charge in [0.15, 0.2) is 0 Å². The van der Waals surface area contributed by atoms with Crippen molar-refractivity contribution in [3.63, 3.8) is 0 Å². The first-order valence-corrected chi connectivity index (χ1v) is 6.88. The van der Waals surface area contributed by atoms with Crippen molar-refractivity contribution >= 4 is 38.9 Å². The van der Waals surface area contributed by atoms with E-state index in [0.29, 0.717) is 0 Å². The van der Waals surface area contributed by atoms with Gasteiger partial charge in [0.1, 0.15) is 0 Å². The summed E-state index contributed by atoms with van der Waals surface area (Å²) in [7, 11) is 0. The zero-order valence-electron chi connectivity index (χ0n) is 8.71. The number of thiophene rings is 1. The van der Waals surface area contributed by atoms with Crippen molar-refractivity contribution in [2.75, 3.05) is 0 Å². The Labute approximate surface area is 112 Å². The van der Waals surface area contributed by atoms with E-state index >= 15 is 0 Å². The van der Waals surface area contributed by atoms with Crippen LogP contribution in [0.1, 0.15) is 17.8 Å². The summed E-state index contributed by atoms with van der Waals surface area (Å²) in [6, 6.07) is 10.1. The molecule has 0 radical (unpaired) electrons. The van der Waals surface area contributed by atoms with Crippen molar-refractivity contribution < 1.29 is 0 Å². The van der Waals surface area contributed by atoms with Gasteiger partial charge in [0.05, 0.1) is 5.02 Å². The average molecular weight is 317 g/mol. The molecule has 0 bridgehead atoms. The van der Waals surface area contributed by atoms with Gasteiger partial charge >= 0.3 is 0 Å². The second-order valence-electron chi connectivity index (χ2n) is 3.59. The lowest BCUT2D eigenvalue weighted by Gasteiger charge is -2.03. The van der Waals surface area contributed by atoms with E-state index in [2.05, 4.69) is 28.1 Å². The first-order valence-electron chi connectivity index (χ1n) is 4.89. The largest absolute Gasteiger partial charge is 0.324 e. The third kappa shape index (κ3) is 2.33. The zero-order chi connectivity index (χ0) is 11.7. The van der Waals surface area contributed by atoms with Crippen LogP contribution in [0.4, 0.5) is 0 Å². The van der Waals surface area contributed by atoms with E-state index in [0.717, 1.165) is 15.1 Å². The first kappa shape index (κ1) is 12.1. The highest BCUT2D eigenvalue weighted by molar-refractivity contribution is 9.10. The van der Waals surface area contributed by atoms with Crippen LogP contribution in [0.25, 0.3) is 10.4 Å². The molecule has 84 valence electrons. The van der Waals surface area contributed by atoms with Gasteiger partial charge < -0.3 is 5.73 Å². The maximum Gasteiger partial charge on any atom is 0.0554 e. The normalized spacial score (nSPS) is 12.8. The molecule has 0 aliphatic heterocycles. The van der Waals surface area contributed by atoms with Crippen LogP contribution in [-0.2, 0) is 0 Å². The minimum absolute atomic E-state index is 0.0803. The van der Waals surface area contributed by atoms with Crippen LogP contribution in [0.15, 0.2) is 34.8 Å². The Kier molecular flexibility index (Phi) is 3.70. The monoisotopic (exact) mass is 315 g/mol. The van der Waals surface area contributed by atoms with Crippen LogP contribution in [0.3, 0.4) is 0 Å². The lowest BCUT2D eigenvalue weighted by molar-refractivity contribution is 0.838. The Morgan fingerprint density at radius 2 is 2.06 bits per heavy atom. The summed E-state index contributed by atoms with van der Waals surface area (Å²) in [5, 5.41) is 0.730. The quantitative estimate of drug-likeness (QED) is 0.842. The minimum Gasteiger partial charge on any atom is -0.324 e. The van der Waals surface area contributed by atoms with E-state index in [4.69, 9.17) is 17.3 Å². The summed E-state index contributed by atoms with van der Waals surface area (Å²) < 4.78 is 0.940. The van der Waals surface area contributed by atoms with E-state index in [-0.39, 0.29) is 6.04 Å². The number of benzene rings is 1. The van der Waals surface area contributed by atoms with E-state index < -0.39 is 0 Å². The summed E-state index contributed by atoms with van der Waals surface area (Å²) in [5.74, 6) is 0. The lowest BCUT2D eigenvalue weighted by atomic mass is 10.2.